The Bertz CT molecular complexity index is 900. The van der Waals surface area contributed by atoms with Crippen LogP contribution in [0.15, 0.2) is 58.8 Å². The molecule has 0 radical (unpaired) electrons. The fourth-order valence-electron chi connectivity index (χ4n) is 2.15. The van der Waals surface area contributed by atoms with Crippen molar-refractivity contribution < 1.29 is 9.90 Å². The SMILES string of the molecule is O=C(CCn1ccccc1=O)Nc1nc(-c2ccc(O)cc2)cs1. The van der Waals surface area contributed by atoms with Crippen LogP contribution in [0.25, 0.3) is 11.3 Å². The molecule has 6 nitrogen and oxygen atoms in total. The van der Waals surface area contributed by atoms with E-state index in [1.54, 1.807) is 42.6 Å². The molecule has 2 aromatic heterocycles. The Balaban J connectivity index is 1.60. The molecule has 122 valence electrons. The number of hydrogen-bond acceptors (Lipinski definition) is 5. The third kappa shape index (κ3) is 3.88. The largest absolute Gasteiger partial charge is 0.508 e. The van der Waals surface area contributed by atoms with Gasteiger partial charge in [-0.15, -0.1) is 11.3 Å². The van der Waals surface area contributed by atoms with Gasteiger partial charge in [-0.05, 0) is 30.3 Å². The maximum absolute atomic E-state index is 12.0. The van der Waals surface area contributed by atoms with Crippen molar-refractivity contribution in [3.63, 3.8) is 0 Å². The molecular weight excluding hydrogens is 326 g/mol. The molecule has 0 fully saturated rings. The molecule has 1 aromatic carbocycles. The van der Waals surface area contributed by atoms with E-state index in [1.807, 2.05) is 5.38 Å². The summed E-state index contributed by atoms with van der Waals surface area (Å²) in [6.07, 6.45) is 1.85. The number of aromatic hydroxyl groups is 1. The minimum absolute atomic E-state index is 0.130. The Morgan fingerprint density at radius 3 is 2.75 bits per heavy atom. The van der Waals surface area contributed by atoms with E-state index in [1.165, 1.54) is 22.0 Å². The third-order valence-corrected chi connectivity index (χ3v) is 4.15. The number of pyridine rings is 1. The molecule has 3 rings (SSSR count). The van der Waals surface area contributed by atoms with E-state index in [9.17, 15) is 14.7 Å². The lowest BCUT2D eigenvalue weighted by molar-refractivity contribution is -0.116. The summed E-state index contributed by atoms with van der Waals surface area (Å²) in [6, 6.07) is 11.6. The molecule has 0 atom stereocenters. The molecule has 0 spiro atoms. The first-order chi connectivity index (χ1) is 11.6. The van der Waals surface area contributed by atoms with E-state index in [0.29, 0.717) is 11.7 Å². The highest BCUT2D eigenvalue weighted by atomic mass is 32.1. The highest BCUT2D eigenvalue weighted by Crippen LogP contribution is 2.26. The van der Waals surface area contributed by atoms with E-state index in [2.05, 4.69) is 10.3 Å². The van der Waals surface area contributed by atoms with Crippen molar-refractivity contribution in [1.29, 1.82) is 0 Å². The molecule has 0 aliphatic rings. The van der Waals surface area contributed by atoms with Crippen LogP contribution >= 0.6 is 11.3 Å². The topological polar surface area (TPSA) is 84.2 Å². The smallest absolute Gasteiger partial charge is 0.250 e. The molecule has 0 aliphatic carbocycles. The van der Waals surface area contributed by atoms with Gasteiger partial charge in [-0.25, -0.2) is 4.98 Å². The van der Waals surface area contributed by atoms with Gasteiger partial charge in [0.25, 0.3) is 5.56 Å². The number of hydrogen-bond donors (Lipinski definition) is 2. The van der Waals surface area contributed by atoms with Crippen molar-refractivity contribution in [3.05, 3.63) is 64.4 Å². The van der Waals surface area contributed by atoms with Crippen molar-refractivity contribution >= 4 is 22.4 Å². The molecule has 1 amide bonds. The Morgan fingerprint density at radius 2 is 2.00 bits per heavy atom. The van der Waals surface area contributed by atoms with Gasteiger partial charge in [0, 0.05) is 36.2 Å². The number of carbonyl (C=O) groups is 1. The van der Waals surface area contributed by atoms with Crippen molar-refractivity contribution in [2.24, 2.45) is 0 Å². The first-order valence-electron chi connectivity index (χ1n) is 7.32. The summed E-state index contributed by atoms with van der Waals surface area (Å²) in [5.74, 6) is -0.00369. The van der Waals surface area contributed by atoms with Crippen LogP contribution in [0.5, 0.6) is 5.75 Å². The minimum Gasteiger partial charge on any atom is -0.508 e. The monoisotopic (exact) mass is 341 g/mol. The van der Waals surface area contributed by atoms with E-state index < -0.39 is 0 Å². The van der Waals surface area contributed by atoms with Crippen LogP contribution in [0.1, 0.15) is 6.42 Å². The van der Waals surface area contributed by atoms with Crippen LogP contribution in [0.2, 0.25) is 0 Å². The summed E-state index contributed by atoms with van der Waals surface area (Å²) < 4.78 is 1.49. The summed E-state index contributed by atoms with van der Waals surface area (Å²) in [6.45, 7) is 0.321. The summed E-state index contributed by atoms with van der Waals surface area (Å²) >= 11 is 1.33. The number of anilines is 1. The second-order valence-electron chi connectivity index (χ2n) is 5.12. The van der Waals surface area contributed by atoms with Gasteiger partial charge in [0.2, 0.25) is 5.91 Å². The molecule has 2 heterocycles. The molecule has 0 aliphatic heterocycles. The van der Waals surface area contributed by atoms with Gasteiger partial charge in [-0.1, -0.05) is 6.07 Å². The zero-order valence-electron chi connectivity index (χ0n) is 12.7. The van der Waals surface area contributed by atoms with Crippen LogP contribution in [0.4, 0.5) is 5.13 Å². The maximum atomic E-state index is 12.0. The fraction of sp³-hybridized carbons (Fsp3) is 0.118. The van der Waals surface area contributed by atoms with E-state index in [0.717, 1.165) is 11.3 Å². The number of carbonyl (C=O) groups excluding carboxylic acids is 1. The van der Waals surface area contributed by atoms with Gasteiger partial charge in [-0.3, -0.25) is 9.59 Å². The lowest BCUT2D eigenvalue weighted by Gasteiger charge is -2.04. The number of phenols is 1. The standard InChI is InChI=1S/C17H15N3O3S/c21-13-6-4-12(5-7-13)14-11-24-17(18-14)19-15(22)8-10-20-9-2-1-3-16(20)23/h1-7,9,11,21H,8,10H2,(H,18,19,22). The third-order valence-electron chi connectivity index (χ3n) is 3.39. The zero-order chi connectivity index (χ0) is 16.9. The number of amides is 1. The lowest BCUT2D eigenvalue weighted by Crippen LogP contribution is -2.21. The van der Waals surface area contributed by atoms with E-state index >= 15 is 0 Å². The van der Waals surface area contributed by atoms with Gasteiger partial charge in [0.05, 0.1) is 5.69 Å². The van der Waals surface area contributed by atoms with Crippen LogP contribution in [-0.2, 0) is 11.3 Å². The van der Waals surface area contributed by atoms with Crippen molar-refractivity contribution in [2.75, 3.05) is 5.32 Å². The highest BCUT2D eigenvalue weighted by Gasteiger charge is 2.08. The number of thiazole rings is 1. The molecule has 2 N–H and O–H groups in total. The molecule has 0 bridgehead atoms. The number of benzene rings is 1. The lowest BCUT2D eigenvalue weighted by atomic mass is 10.2. The van der Waals surface area contributed by atoms with Crippen LogP contribution in [-0.4, -0.2) is 20.6 Å². The maximum Gasteiger partial charge on any atom is 0.250 e. The van der Waals surface area contributed by atoms with Crippen LogP contribution in [0, 0.1) is 0 Å². The summed E-state index contributed by atoms with van der Waals surface area (Å²) in [5, 5.41) is 14.4. The predicted octanol–water partition coefficient (Wildman–Crippen LogP) is 2.71. The van der Waals surface area contributed by atoms with Gasteiger partial charge >= 0.3 is 0 Å². The molecule has 3 aromatic rings. The Morgan fingerprint density at radius 1 is 1.21 bits per heavy atom. The molecule has 7 heteroatoms. The van der Waals surface area contributed by atoms with Crippen molar-refractivity contribution in [3.8, 4) is 17.0 Å². The van der Waals surface area contributed by atoms with Gasteiger partial charge in [0.15, 0.2) is 5.13 Å². The summed E-state index contributed by atoms with van der Waals surface area (Å²) in [4.78, 5) is 27.9. The van der Waals surface area contributed by atoms with Crippen molar-refractivity contribution in [1.82, 2.24) is 9.55 Å². The number of phenolic OH excluding ortho intramolecular Hbond substituents is 1. The number of aromatic nitrogens is 2. The minimum atomic E-state index is -0.197. The summed E-state index contributed by atoms with van der Waals surface area (Å²) in [7, 11) is 0. The van der Waals surface area contributed by atoms with E-state index in [-0.39, 0.29) is 23.6 Å². The number of aryl methyl sites for hydroxylation is 1. The Labute approximate surface area is 142 Å². The molecule has 0 saturated carbocycles. The molecular formula is C17H15N3O3S. The number of rotatable bonds is 5. The molecule has 0 saturated heterocycles. The average molecular weight is 341 g/mol. The Kier molecular flexibility index (Phi) is 4.72. The second-order valence-corrected chi connectivity index (χ2v) is 5.97. The van der Waals surface area contributed by atoms with Gasteiger partial charge in [-0.2, -0.15) is 0 Å². The molecule has 24 heavy (non-hydrogen) atoms. The zero-order valence-corrected chi connectivity index (χ0v) is 13.5. The molecule has 0 unspecified atom stereocenters. The van der Waals surface area contributed by atoms with Gasteiger partial charge < -0.3 is 15.0 Å². The average Bonchev–Trinajstić information content (AvgIpc) is 3.03. The van der Waals surface area contributed by atoms with Crippen LogP contribution in [0.3, 0.4) is 0 Å². The quantitative estimate of drug-likeness (QED) is 0.747. The Hall–Kier alpha value is -2.93. The number of nitrogens with zero attached hydrogens (tertiary/aromatic N) is 2. The predicted molar refractivity (Wildman–Crippen MR) is 93.2 cm³/mol. The number of nitrogens with one attached hydrogen (secondary N) is 1. The fourth-order valence-corrected chi connectivity index (χ4v) is 2.88. The first-order valence-corrected chi connectivity index (χ1v) is 8.20. The summed E-state index contributed by atoms with van der Waals surface area (Å²) in [5.41, 5.74) is 1.46. The van der Waals surface area contributed by atoms with Crippen molar-refractivity contribution in [2.45, 2.75) is 13.0 Å². The normalized spacial score (nSPS) is 10.5. The second kappa shape index (κ2) is 7.10. The first kappa shape index (κ1) is 15.9. The van der Waals surface area contributed by atoms with E-state index in [4.69, 9.17) is 0 Å². The van der Waals surface area contributed by atoms with Gasteiger partial charge in [0.1, 0.15) is 5.75 Å². The van der Waals surface area contributed by atoms with Crippen LogP contribution < -0.4 is 10.9 Å². The highest BCUT2D eigenvalue weighted by molar-refractivity contribution is 7.14.